The van der Waals surface area contributed by atoms with E-state index < -0.39 is 0 Å². The Morgan fingerprint density at radius 3 is 1.53 bits per heavy atom. The largest absolute Gasteiger partial charge is 0.294 e. The molecule has 2 nitrogen and oxygen atoms in total. The third kappa shape index (κ3) is 2.65. The second kappa shape index (κ2) is 4.56. The van der Waals surface area contributed by atoms with Gasteiger partial charge in [0.25, 0.3) is 0 Å². The fourth-order valence-corrected chi connectivity index (χ4v) is 2.15. The molecule has 0 aromatic rings. The second-order valence-corrected chi connectivity index (χ2v) is 4.50. The smallest absolute Gasteiger partial charge is 0.161 e. The van der Waals surface area contributed by atoms with E-state index in [0.717, 1.165) is 12.8 Å². The zero-order valence-electron chi connectivity index (χ0n) is 9.51. The maximum Gasteiger partial charge on any atom is 0.161 e. The van der Waals surface area contributed by atoms with Crippen LogP contribution in [-0.4, -0.2) is 11.6 Å². The Hall–Kier alpha value is -1.18. The topological polar surface area (TPSA) is 34.1 Å². The molecule has 0 radical (unpaired) electrons. The first kappa shape index (κ1) is 11.9. The standard InChI is InChI=1S/C13H18O2/c1-8(2)12(14)10-5-6-11(7-10)13(15)9(3)4/h10-11H,1,3,5-7H2,2,4H3. The summed E-state index contributed by atoms with van der Waals surface area (Å²) in [7, 11) is 0. The highest BCUT2D eigenvalue weighted by Gasteiger charge is 2.33. The van der Waals surface area contributed by atoms with E-state index >= 15 is 0 Å². The first-order valence-electron chi connectivity index (χ1n) is 5.33. The van der Waals surface area contributed by atoms with Gasteiger partial charge in [0.05, 0.1) is 0 Å². The van der Waals surface area contributed by atoms with Gasteiger partial charge >= 0.3 is 0 Å². The van der Waals surface area contributed by atoms with Gasteiger partial charge in [-0.15, -0.1) is 0 Å². The highest BCUT2D eigenvalue weighted by atomic mass is 16.1. The fourth-order valence-electron chi connectivity index (χ4n) is 2.15. The van der Waals surface area contributed by atoms with Crippen molar-refractivity contribution in [3.63, 3.8) is 0 Å². The summed E-state index contributed by atoms with van der Waals surface area (Å²) in [6.07, 6.45) is 2.31. The average molecular weight is 206 g/mol. The van der Waals surface area contributed by atoms with E-state index in [2.05, 4.69) is 13.2 Å². The SMILES string of the molecule is C=C(C)C(=O)C1CCC(C(=O)C(=C)C)C1. The van der Waals surface area contributed by atoms with Gasteiger partial charge in [0.2, 0.25) is 0 Å². The number of hydrogen-bond acceptors (Lipinski definition) is 2. The molecule has 0 spiro atoms. The second-order valence-electron chi connectivity index (χ2n) is 4.50. The van der Waals surface area contributed by atoms with Crippen molar-refractivity contribution in [2.45, 2.75) is 33.1 Å². The molecule has 1 rings (SSSR count). The van der Waals surface area contributed by atoms with Crippen LogP contribution in [0.5, 0.6) is 0 Å². The van der Waals surface area contributed by atoms with Crippen molar-refractivity contribution in [3.8, 4) is 0 Å². The van der Waals surface area contributed by atoms with Gasteiger partial charge in [0.15, 0.2) is 11.6 Å². The predicted molar refractivity (Wildman–Crippen MR) is 60.5 cm³/mol. The van der Waals surface area contributed by atoms with Crippen LogP contribution in [0.15, 0.2) is 24.3 Å². The van der Waals surface area contributed by atoms with Gasteiger partial charge in [-0.1, -0.05) is 13.2 Å². The molecule has 0 saturated heterocycles. The lowest BCUT2D eigenvalue weighted by molar-refractivity contribution is -0.120. The first-order valence-corrected chi connectivity index (χ1v) is 5.33. The third-order valence-electron chi connectivity index (χ3n) is 3.02. The Morgan fingerprint density at radius 2 is 1.27 bits per heavy atom. The molecule has 1 aliphatic carbocycles. The Labute approximate surface area is 91.1 Å². The van der Waals surface area contributed by atoms with Crippen LogP contribution in [0.3, 0.4) is 0 Å². The molecular formula is C13H18O2. The average Bonchev–Trinajstić information content (AvgIpc) is 2.63. The zero-order chi connectivity index (χ0) is 11.6. The number of hydrogen-bond donors (Lipinski definition) is 0. The minimum Gasteiger partial charge on any atom is -0.294 e. The lowest BCUT2D eigenvalue weighted by atomic mass is 9.93. The molecule has 0 bridgehead atoms. The molecule has 82 valence electrons. The van der Waals surface area contributed by atoms with E-state index in [1.54, 1.807) is 13.8 Å². The number of ketones is 2. The van der Waals surface area contributed by atoms with Crippen molar-refractivity contribution in [2.75, 3.05) is 0 Å². The molecule has 2 atom stereocenters. The summed E-state index contributed by atoms with van der Waals surface area (Å²) in [5, 5.41) is 0. The summed E-state index contributed by atoms with van der Waals surface area (Å²) in [5.74, 6) is 0.255. The van der Waals surface area contributed by atoms with E-state index in [4.69, 9.17) is 0 Å². The van der Waals surface area contributed by atoms with E-state index in [0.29, 0.717) is 17.6 Å². The van der Waals surface area contributed by atoms with Gasteiger partial charge < -0.3 is 0 Å². The molecule has 0 amide bonds. The summed E-state index contributed by atoms with van der Waals surface area (Å²) < 4.78 is 0. The summed E-state index contributed by atoms with van der Waals surface area (Å²) in [6.45, 7) is 10.8. The number of allylic oxidation sites excluding steroid dienone is 2. The van der Waals surface area contributed by atoms with E-state index in [9.17, 15) is 9.59 Å². The highest BCUT2D eigenvalue weighted by Crippen LogP contribution is 2.34. The van der Waals surface area contributed by atoms with Crippen LogP contribution in [0.2, 0.25) is 0 Å². The molecule has 0 aliphatic heterocycles. The third-order valence-corrected chi connectivity index (χ3v) is 3.02. The summed E-state index contributed by atoms with van der Waals surface area (Å²) >= 11 is 0. The van der Waals surface area contributed by atoms with Crippen LogP contribution in [0.25, 0.3) is 0 Å². The molecule has 0 N–H and O–H groups in total. The van der Waals surface area contributed by atoms with Gasteiger partial charge in [-0.2, -0.15) is 0 Å². The van der Waals surface area contributed by atoms with Gasteiger partial charge in [-0.05, 0) is 44.3 Å². The highest BCUT2D eigenvalue weighted by molar-refractivity contribution is 5.99. The molecule has 1 fully saturated rings. The molecule has 15 heavy (non-hydrogen) atoms. The van der Waals surface area contributed by atoms with Crippen LogP contribution >= 0.6 is 0 Å². The van der Waals surface area contributed by atoms with Gasteiger partial charge in [0.1, 0.15) is 0 Å². The molecule has 0 heterocycles. The number of carbonyl (C=O) groups excluding carboxylic acids is 2. The molecule has 0 aromatic carbocycles. The van der Waals surface area contributed by atoms with Crippen molar-refractivity contribution < 1.29 is 9.59 Å². The minimum absolute atomic E-state index is 0.01000. The Bertz CT molecular complexity index is 293. The Balaban J connectivity index is 2.60. The van der Waals surface area contributed by atoms with Crippen molar-refractivity contribution >= 4 is 11.6 Å². The van der Waals surface area contributed by atoms with E-state index in [1.165, 1.54) is 0 Å². The van der Waals surface area contributed by atoms with Crippen molar-refractivity contribution in [1.82, 2.24) is 0 Å². The number of carbonyl (C=O) groups is 2. The number of Topliss-reactive ketones (excluding diaryl/α,β-unsaturated/α-hetero) is 2. The van der Waals surface area contributed by atoms with Crippen LogP contribution in [0, 0.1) is 11.8 Å². The van der Waals surface area contributed by atoms with Crippen LogP contribution < -0.4 is 0 Å². The van der Waals surface area contributed by atoms with Gasteiger partial charge in [0, 0.05) is 11.8 Å². The Kier molecular flexibility index (Phi) is 3.61. The fraction of sp³-hybridized carbons (Fsp3) is 0.538. The van der Waals surface area contributed by atoms with E-state index in [-0.39, 0.29) is 23.4 Å². The molecule has 1 aliphatic rings. The zero-order valence-corrected chi connectivity index (χ0v) is 9.51. The lowest BCUT2D eigenvalue weighted by Gasteiger charge is -2.09. The van der Waals surface area contributed by atoms with Crippen molar-refractivity contribution in [3.05, 3.63) is 24.3 Å². The van der Waals surface area contributed by atoms with Crippen LogP contribution in [0.1, 0.15) is 33.1 Å². The van der Waals surface area contributed by atoms with E-state index in [1.807, 2.05) is 0 Å². The maximum absolute atomic E-state index is 11.6. The van der Waals surface area contributed by atoms with Crippen LogP contribution in [-0.2, 0) is 9.59 Å². The molecule has 2 heteroatoms. The van der Waals surface area contributed by atoms with Gasteiger partial charge in [-0.25, -0.2) is 0 Å². The maximum atomic E-state index is 11.6. The predicted octanol–water partition coefficient (Wildman–Crippen LogP) is 2.69. The van der Waals surface area contributed by atoms with Crippen molar-refractivity contribution in [1.29, 1.82) is 0 Å². The summed E-state index contributed by atoms with van der Waals surface area (Å²) in [5.41, 5.74) is 1.20. The molecule has 1 saturated carbocycles. The number of rotatable bonds is 4. The monoisotopic (exact) mass is 206 g/mol. The normalized spacial score (nSPS) is 24.9. The lowest BCUT2D eigenvalue weighted by Crippen LogP contribution is -2.15. The summed E-state index contributed by atoms with van der Waals surface area (Å²) in [6, 6.07) is 0. The first-order chi connectivity index (χ1) is 6.93. The quantitative estimate of drug-likeness (QED) is 0.663. The molecule has 0 aromatic heterocycles. The van der Waals surface area contributed by atoms with Crippen molar-refractivity contribution in [2.24, 2.45) is 11.8 Å². The van der Waals surface area contributed by atoms with Gasteiger partial charge in [-0.3, -0.25) is 9.59 Å². The minimum atomic E-state index is 0.01000. The summed E-state index contributed by atoms with van der Waals surface area (Å²) in [4.78, 5) is 23.3. The molecule has 2 unspecified atom stereocenters. The molecular weight excluding hydrogens is 188 g/mol. The Morgan fingerprint density at radius 1 is 0.933 bits per heavy atom. The van der Waals surface area contributed by atoms with Crippen LogP contribution in [0.4, 0.5) is 0 Å².